The topological polar surface area (TPSA) is 69.4 Å². The highest BCUT2D eigenvalue weighted by Crippen LogP contribution is 2.24. The van der Waals surface area contributed by atoms with Crippen molar-refractivity contribution in [3.8, 4) is 0 Å². The first-order valence-electron chi connectivity index (χ1n) is 5.93. The van der Waals surface area contributed by atoms with Crippen molar-refractivity contribution in [2.24, 2.45) is 0 Å². The van der Waals surface area contributed by atoms with E-state index in [-0.39, 0.29) is 17.8 Å². The Labute approximate surface area is 109 Å². The smallest absolute Gasteiger partial charge is 0.315 e. The van der Waals surface area contributed by atoms with E-state index in [4.69, 9.17) is 4.74 Å². The van der Waals surface area contributed by atoms with Crippen LogP contribution >= 0.6 is 11.3 Å². The molecule has 2 rings (SSSR count). The third-order valence-electron chi connectivity index (χ3n) is 2.56. The predicted octanol–water partition coefficient (Wildman–Crippen LogP) is 1.98. The van der Waals surface area contributed by atoms with Crippen LogP contribution in [0.4, 0.5) is 0 Å². The van der Waals surface area contributed by atoms with Gasteiger partial charge in [0.25, 0.3) is 0 Å². The number of carbonyl (C=O) groups excluding carboxylic acids is 1. The minimum atomic E-state index is -0.364. The molecule has 7 heteroatoms. The number of hydrogen-bond acceptors (Lipinski definition) is 6. The number of esters is 1. The van der Waals surface area contributed by atoms with Gasteiger partial charge < -0.3 is 4.74 Å². The van der Waals surface area contributed by atoms with Crippen molar-refractivity contribution in [1.82, 2.24) is 19.8 Å². The lowest BCUT2D eigenvalue weighted by Gasteiger charge is -2.06. The minimum Gasteiger partial charge on any atom is -0.465 e. The molecule has 0 aliphatic rings. The molecular weight excluding hydrogens is 252 g/mol. The predicted molar refractivity (Wildman–Crippen MR) is 67.8 cm³/mol. The molecule has 0 radical (unpaired) electrons. The lowest BCUT2D eigenvalue weighted by molar-refractivity contribution is -0.144. The van der Waals surface area contributed by atoms with Crippen molar-refractivity contribution in [3.63, 3.8) is 0 Å². The normalized spacial score (nSPS) is 13.2. The molecule has 2 aromatic rings. The van der Waals surface area contributed by atoms with Gasteiger partial charge in [-0.1, -0.05) is 25.2 Å². The maximum Gasteiger partial charge on any atom is 0.315 e. The Morgan fingerprint density at radius 1 is 1.39 bits per heavy atom. The quantitative estimate of drug-likeness (QED) is 0.793. The molecule has 0 amide bonds. The van der Waals surface area contributed by atoms with E-state index in [0.717, 1.165) is 5.82 Å². The second-order valence-corrected chi connectivity index (χ2v) is 5.31. The number of rotatable bonds is 4. The summed E-state index contributed by atoms with van der Waals surface area (Å²) in [5, 5.41) is 13.3. The third-order valence-corrected chi connectivity index (χ3v) is 3.64. The Kier molecular flexibility index (Phi) is 3.60. The second kappa shape index (κ2) is 5.01. The fourth-order valence-electron chi connectivity index (χ4n) is 1.55. The van der Waals surface area contributed by atoms with E-state index in [1.807, 2.05) is 13.8 Å². The van der Waals surface area contributed by atoms with Crippen LogP contribution in [0.2, 0.25) is 0 Å². The van der Waals surface area contributed by atoms with Gasteiger partial charge in [-0.3, -0.25) is 4.79 Å². The van der Waals surface area contributed by atoms with Crippen LogP contribution in [0.1, 0.15) is 50.4 Å². The number of carbonyl (C=O) groups is 1. The lowest BCUT2D eigenvalue weighted by atomic mass is 10.2. The highest BCUT2D eigenvalue weighted by atomic mass is 32.1. The molecule has 0 aliphatic heterocycles. The molecule has 1 atom stereocenters. The number of aromatic nitrogens is 4. The van der Waals surface area contributed by atoms with Gasteiger partial charge in [-0.05, 0) is 13.8 Å². The number of ether oxygens (including phenoxy) is 1. The summed E-state index contributed by atoms with van der Waals surface area (Å²) in [7, 11) is 0. The Hall–Kier alpha value is -1.50. The molecule has 2 heterocycles. The molecular formula is C11H16N4O2S. The molecule has 0 fully saturated rings. The molecule has 1 unspecified atom stereocenters. The third kappa shape index (κ3) is 2.22. The summed E-state index contributed by atoms with van der Waals surface area (Å²) < 4.78 is 6.70. The van der Waals surface area contributed by atoms with Crippen molar-refractivity contribution in [2.45, 2.75) is 39.5 Å². The van der Waals surface area contributed by atoms with E-state index >= 15 is 0 Å². The van der Waals surface area contributed by atoms with Gasteiger partial charge >= 0.3 is 5.97 Å². The van der Waals surface area contributed by atoms with Crippen LogP contribution in [0.25, 0.3) is 4.96 Å². The summed E-state index contributed by atoms with van der Waals surface area (Å²) >= 11 is 1.38. The second-order valence-electron chi connectivity index (χ2n) is 4.32. The Morgan fingerprint density at radius 2 is 2.11 bits per heavy atom. The monoisotopic (exact) mass is 268 g/mol. The zero-order valence-corrected chi connectivity index (χ0v) is 11.7. The van der Waals surface area contributed by atoms with E-state index in [0.29, 0.717) is 16.6 Å². The largest absolute Gasteiger partial charge is 0.465 e. The van der Waals surface area contributed by atoms with Crippen LogP contribution in [-0.2, 0) is 9.53 Å². The van der Waals surface area contributed by atoms with Gasteiger partial charge in [-0.2, -0.15) is 9.61 Å². The first-order valence-corrected chi connectivity index (χ1v) is 6.74. The van der Waals surface area contributed by atoms with Crippen molar-refractivity contribution in [2.75, 3.05) is 6.61 Å². The van der Waals surface area contributed by atoms with E-state index in [9.17, 15) is 4.79 Å². The zero-order chi connectivity index (χ0) is 13.3. The van der Waals surface area contributed by atoms with Crippen LogP contribution in [0.5, 0.6) is 0 Å². The van der Waals surface area contributed by atoms with Gasteiger partial charge in [0.2, 0.25) is 4.96 Å². The van der Waals surface area contributed by atoms with Crippen LogP contribution in [0.15, 0.2) is 0 Å². The van der Waals surface area contributed by atoms with E-state index < -0.39 is 0 Å². The van der Waals surface area contributed by atoms with Crippen molar-refractivity contribution in [1.29, 1.82) is 0 Å². The van der Waals surface area contributed by atoms with Crippen LogP contribution in [0, 0.1) is 0 Å². The molecule has 98 valence electrons. The first kappa shape index (κ1) is 12.9. The summed E-state index contributed by atoms with van der Waals surface area (Å²) in [6.45, 7) is 8.03. The summed E-state index contributed by atoms with van der Waals surface area (Å²) in [6, 6.07) is 0. The molecule has 18 heavy (non-hydrogen) atoms. The average Bonchev–Trinajstić information content (AvgIpc) is 2.86. The first-order chi connectivity index (χ1) is 8.54. The molecule has 0 aromatic carbocycles. The van der Waals surface area contributed by atoms with Crippen LogP contribution in [-0.4, -0.2) is 32.4 Å². The molecule has 0 N–H and O–H groups in total. The van der Waals surface area contributed by atoms with Gasteiger partial charge in [0.1, 0.15) is 10.9 Å². The highest BCUT2D eigenvalue weighted by molar-refractivity contribution is 7.16. The zero-order valence-electron chi connectivity index (χ0n) is 10.9. The standard InChI is InChI=1S/C11H16N4O2S/c1-5-17-10(16)7(4)9-14-15-8(6(2)3)12-13-11(15)18-9/h6-7H,5H2,1-4H3. The van der Waals surface area contributed by atoms with Crippen molar-refractivity contribution < 1.29 is 9.53 Å². The van der Waals surface area contributed by atoms with Crippen molar-refractivity contribution in [3.05, 3.63) is 10.8 Å². The van der Waals surface area contributed by atoms with Gasteiger partial charge in [0.15, 0.2) is 5.82 Å². The SMILES string of the molecule is CCOC(=O)C(C)c1nn2c(C(C)C)nnc2s1. The number of fused-ring (bicyclic) bond motifs is 1. The minimum absolute atomic E-state index is 0.243. The number of nitrogens with zero attached hydrogens (tertiary/aromatic N) is 4. The molecule has 0 saturated heterocycles. The van der Waals surface area contributed by atoms with E-state index in [1.165, 1.54) is 11.3 Å². The maximum absolute atomic E-state index is 11.7. The molecule has 0 saturated carbocycles. The fourth-order valence-corrected chi connectivity index (χ4v) is 2.43. The van der Waals surface area contributed by atoms with Gasteiger partial charge in [-0.25, -0.2) is 0 Å². The maximum atomic E-state index is 11.7. The lowest BCUT2D eigenvalue weighted by Crippen LogP contribution is -2.13. The fraction of sp³-hybridized carbons (Fsp3) is 0.636. The summed E-state index contributed by atoms with van der Waals surface area (Å²) in [5.74, 6) is 0.432. The number of hydrogen-bond donors (Lipinski definition) is 0. The Bertz CT molecular complexity index is 560. The molecule has 6 nitrogen and oxygen atoms in total. The summed E-state index contributed by atoms with van der Waals surface area (Å²) in [5.41, 5.74) is 0. The molecule has 0 bridgehead atoms. The Balaban J connectivity index is 2.33. The molecule has 2 aromatic heterocycles. The highest BCUT2D eigenvalue weighted by Gasteiger charge is 2.23. The van der Waals surface area contributed by atoms with E-state index in [2.05, 4.69) is 15.3 Å². The van der Waals surface area contributed by atoms with Gasteiger partial charge in [0, 0.05) is 5.92 Å². The van der Waals surface area contributed by atoms with Crippen molar-refractivity contribution >= 4 is 22.3 Å². The summed E-state index contributed by atoms with van der Waals surface area (Å²) in [6.07, 6.45) is 0. The van der Waals surface area contributed by atoms with Gasteiger partial charge in [0.05, 0.1) is 6.61 Å². The average molecular weight is 268 g/mol. The summed E-state index contributed by atoms with van der Waals surface area (Å²) in [4.78, 5) is 12.4. The van der Waals surface area contributed by atoms with Crippen LogP contribution in [0.3, 0.4) is 0 Å². The van der Waals surface area contributed by atoms with Crippen LogP contribution < -0.4 is 0 Å². The molecule has 0 aliphatic carbocycles. The molecule has 0 spiro atoms. The van der Waals surface area contributed by atoms with E-state index in [1.54, 1.807) is 18.4 Å². The van der Waals surface area contributed by atoms with Gasteiger partial charge in [-0.15, -0.1) is 10.2 Å². The Morgan fingerprint density at radius 3 is 2.72 bits per heavy atom.